The first-order chi connectivity index (χ1) is 7.29. The number of ether oxygens (including phenoxy) is 1. The van der Waals surface area contributed by atoms with Crippen LogP contribution in [0.4, 0.5) is 0 Å². The van der Waals surface area contributed by atoms with E-state index in [2.05, 4.69) is 0 Å². The molecule has 0 amide bonds. The van der Waals surface area contributed by atoms with E-state index < -0.39 is 8.56 Å². The Labute approximate surface area is 107 Å². The minimum absolute atomic E-state index is 0. The molecule has 1 atom stereocenters. The molecule has 1 unspecified atom stereocenters. The third-order valence-electron chi connectivity index (χ3n) is 2.88. The second-order valence-corrected chi connectivity index (χ2v) is 7.21. The van der Waals surface area contributed by atoms with E-state index in [9.17, 15) is 0 Å². The Morgan fingerprint density at radius 2 is 1.62 bits per heavy atom. The van der Waals surface area contributed by atoms with Crippen LogP contribution in [-0.2, 0) is 13.6 Å². The van der Waals surface area contributed by atoms with E-state index in [-0.39, 0.29) is 18.1 Å². The van der Waals surface area contributed by atoms with Crippen molar-refractivity contribution in [3.05, 3.63) is 0 Å². The van der Waals surface area contributed by atoms with Crippen LogP contribution in [-0.4, -0.2) is 34.1 Å². The highest BCUT2D eigenvalue weighted by atomic mass is 35.5. The molecule has 5 heteroatoms. The van der Waals surface area contributed by atoms with Crippen molar-refractivity contribution in [2.75, 3.05) is 19.8 Å². The van der Waals surface area contributed by atoms with Crippen LogP contribution >= 0.6 is 12.4 Å². The molecule has 1 aliphatic rings. The highest BCUT2D eigenvalue weighted by molar-refractivity contribution is 6.69. The van der Waals surface area contributed by atoms with Gasteiger partial charge in [0, 0.05) is 19.8 Å². The highest BCUT2D eigenvalue weighted by Gasteiger charge is 2.48. The van der Waals surface area contributed by atoms with Gasteiger partial charge in [0.25, 0.3) is 0 Å². The van der Waals surface area contributed by atoms with Crippen LogP contribution in [0.2, 0.25) is 6.04 Å². The molecule has 16 heavy (non-hydrogen) atoms. The average Bonchev–Trinajstić information content (AvgIpc) is 2.23. The lowest BCUT2D eigenvalue weighted by Gasteiger charge is -2.39. The number of rotatable bonds is 6. The van der Waals surface area contributed by atoms with Crippen LogP contribution in [0.5, 0.6) is 0 Å². The van der Waals surface area contributed by atoms with Crippen molar-refractivity contribution in [3.63, 3.8) is 0 Å². The standard InChI is InChI=1S/C11H24O3Si.ClH/c1-4-12-11-9-7-8-10-15(11,13-5-2)14-6-3;/h11H,4-10H2,1-3H3;1H. The summed E-state index contributed by atoms with van der Waals surface area (Å²) >= 11 is 0. The molecule has 0 aromatic heterocycles. The van der Waals surface area contributed by atoms with E-state index in [0.29, 0.717) is 0 Å². The first-order valence-corrected chi connectivity index (χ1v) is 8.28. The molecule has 0 saturated carbocycles. The molecule has 0 N–H and O–H groups in total. The Morgan fingerprint density at radius 1 is 1.00 bits per heavy atom. The van der Waals surface area contributed by atoms with Crippen molar-refractivity contribution < 1.29 is 13.6 Å². The van der Waals surface area contributed by atoms with Gasteiger partial charge in [0.05, 0.1) is 0 Å². The van der Waals surface area contributed by atoms with E-state index >= 15 is 0 Å². The van der Waals surface area contributed by atoms with Gasteiger partial charge in [-0.1, -0.05) is 12.8 Å². The number of halogens is 1. The SMILES string of the molecule is CCOC1CCCC[Si]1(OCC)OCC.Cl. The lowest BCUT2D eigenvalue weighted by Crippen LogP contribution is -2.56. The summed E-state index contributed by atoms with van der Waals surface area (Å²) in [6.45, 7) is 8.40. The van der Waals surface area contributed by atoms with Gasteiger partial charge in [-0.05, 0) is 33.2 Å². The summed E-state index contributed by atoms with van der Waals surface area (Å²) in [4.78, 5) is 0. The molecule has 1 saturated heterocycles. The minimum Gasteiger partial charge on any atom is -0.393 e. The molecule has 0 aromatic carbocycles. The first kappa shape index (κ1) is 16.4. The van der Waals surface area contributed by atoms with Crippen molar-refractivity contribution >= 4 is 21.0 Å². The van der Waals surface area contributed by atoms with Crippen molar-refractivity contribution in [2.24, 2.45) is 0 Å². The van der Waals surface area contributed by atoms with Gasteiger partial charge in [0.2, 0.25) is 0 Å². The molecule has 1 heterocycles. The van der Waals surface area contributed by atoms with Gasteiger partial charge in [0.15, 0.2) is 0 Å². The van der Waals surface area contributed by atoms with E-state index in [0.717, 1.165) is 32.3 Å². The lowest BCUT2D eigenvalue weighted by molar-refractivity contribution is 0.0396. The van der Waals surface area contributed by atoms with Crippen molar-refractivity contribution in [2.45, 2.75) is 51.8 Å². The molecule has 0 aliphatic carbocycles. The Hall–Kier alpha value is 0.387. The molecule has 0 radical (unpaired) electrons. The molecule has 1 aliphatic heterocycles. The minimum atomic E-state index is -2.06. The number of hydrogen-bond acceptors (Lipinski definition) is 3. The van der Waals surface area contributed by atoms with Crippen molar-refractivity contribution in [1.82, 2.24) is 0 Å². The molecule has 0 spiro atoms. The Bertz CT molecular complexity index is 167. The number of hydrogen-bond donors (Lipinski definition) is 0. The average molecular weight is 269 g/mol. The van der Waals surface area contributed by atoms with Crippen LogP contribution < -0.4 is 0 Å². The van der Waals surface area contributed by atoms with Crippen molar-refractivity contribution in [3.8, 4) is 0 Å². The summed E-state index contributed by atoms with van der Waals surface area (Å²) < 4.78 is 17.8. The second kappa shape index (κ2) is 8.47. The van der Waals surface area contributed by atoms with Gasteiger partial charge in [0.1, 0.15) is 5.73 Å². The zero-order valence-corrected chi connectivity index (χ0v) is 12.5. The summed E-state index contributed by atoms with van der Waals surface area (Å²) in [5, 5.41) is 0. The highest BCUT2D eigenvalue weighted by Crippen LogP contribution is 2.32. The molecule has 98 valence electrons. The van der Waals surface area contributed by atoms with Crippen LogP contribution in [0.25, 0.3) is 0 Å². The van der Waals surface area contributed by atoms with Gasteiger partial charge in [-0.2, -0.15) is 0 Å². The van der Waals surface area contributed by atoms with Gasteiger partial charge in [-0.15, -0.1) is 12.4 Å². The zero-order valence-electron chi connectivity index (χ0n) is 10.7. The quantitative estimate of drug-likeness (QED) is 0.693. The van der Waals surface area contributed by atoms with Gasteiger partial charge >= 0.3 is 8.56 Å². The molecule has 0 aromatic rings. The molecule has 1 rings (SSSR count). The molecule has 0 bridgehead atoms. The van der Waals surface area contributed by atoms with Crippen LogP contribution in [0.15, 0.2) is 0 Å². The van der Waals surface area contributed by atoms with Crippen LogP contribution in [0.3, 0.4) is 0 Å². The molecular weight excluding hydrogens is 244 g/mol. The molecular formula is C11H25ClO3Si. The monoisotopic (exact) mass is 268 g/mol. The van der Waals surface area contributed by atoms with E-state index in [1.54, 1.807) is 0 Å². The topological polar surface area (TPSA) is 27.7 Å². The van der Waals surface area contributed by atoms with Gasteiger partial charge < -0.3 is 13.6 Å². The summed E-state index contributed by atoms with van der Waals surface area (Å²) in [6, 6.07) is 1.10. The van der Waals surface area contributed by atoms with Crippen molar-refractivity contribution in [1.29, 1.82) is 0 Å². The maximum atomic E-state index is 5.97. The predicted molar refractivity (Wildman–Crippen MR) is 70.3 cm³/mol. The summed E-state index contributed by atoms with van der Waals surface area (Å²) in [6.07, 6.45) is 3.59. The predicted octanol–water partition coefficient (Wildman–Crippen LogP) is 3.05. The van der Waals surface area contributed by atoms with E-state index in [4.69, 9.17) is 13.6 Å². The van der Waals surface area contributed by atoms with Crippen LogP contribution in [0.1, 0.15) is 40.0 Å². The lowest BCUT2D eigenvalue weighted by atomic mass is 10.2. The Kier molecular flexibility index (Phi) is 8.68. The molecule has 3 nitrogen and oxygen atoms in total. The van der Waals surface area contributed by atoms with Crippen LogP contribution in [0, 0.1) is 0 Å². The Balaban J connectivity index is 0.00000225. The fraction of sp³-hybridized carbons (Fsp3) is 1.00. The zero-order chi connectivity index (χ0) is 11.1. The fourth-order valence-electron chi connectivity index (χ4n) is 2.35. The maximum absolute atomic E-state index is 5.97. The Morgan fingerprint density at radius 3 is 2.12 bits per heavy atom. The first-order valence-electron chi connectivity index (χ1n) is 6.18. The summed E-state index contributed by atoms with van der Waals surface area (Å²) in [7, 11) is -2.06. The second-order valence-electron chi connectivity index (χ2n) is 3.87. The normalized spacial score (nSPS) is 23.8. The third-order valence-corrected chi connectivity index (χ3v) is 6.92. The fourth-order valence-corrected chi connectivity index (χ4v) is 6.20. The van der Waals surface area contributed by atoms with Gasteiger partial charge in [-0.25, -0.2) is 0 Å². The van der Waals surface area contributed by atoms with E-state index in [1.165, 1.54) is 12.8 Å². The maximum Gasteiger partial charge on any atom is 0.368 e. The largest absolute Gasteiger partial charge is 0.393 e. The molecule has 1 fully saturated rings. The smallest absolute Gasteiger partial charge is 0.368 e. The summed E-state index contributed by atoms with van der Waals surface area (Å²) in [5.74, 6) is 0. The summed E-state index contributed by atoms with van der Waals surface area (Å²) in [5.41, 5.74) is 0.246. The van der Waals surface area contributed by atoms with Gasteiger partial charge in [-0.3, -0.25) is 0 Å². The third kappa shape index (κ3) is 4.00. The van der Waals surface area contributed by atoms with E-state index in [1.807, 2.05) is 20.8 Å².